The van der Waals surface area contributed by atoms with Gasteiger partial charge in [0.25, 0.3) is 0 Å². The van der Waals surface area contributed by atoms with Crippen molar-refractivity contribution in [2.24, 2.45) is 18.0 Å². The van der Waals surface area contributed by atoms with E-state index in [4.69, 9.17) is 9.73 Å². The number of halogens is 1. The van der Waals surface area contributed by atoms with Gasteiger partial charge in [0.2, 0.25) is 0 Å². The number of aromatic nitrogens is 2. The van der Waals surface area contributed by atoms with Gasteiger partial charge in [0.1, 0.15) is 0 Å². The molecule has 6 nitrogen and oxygen atoms in total. The van der Waals surface area contributed by atoms with Crippen LogP contribution in [0.3, 0.4) is 0 Å². The molecule has 1 saturated heterocycles. The van der Waals surface area contributed by atoms with Crippen molar-refractivity contribution in [2.75, 3.05) is 32.8 Å². The molecule has 1 unspecified atom stereocenters. The van der Waals surface area contributed by atoms with E-state index in [1.807, 2.05) is 11.7 Å². The van der Waals surface area contributed by atoms with Crippen LogP contribution in [-0.4, -0.2) is 53.5 Å². The van der Waals surface area contributed by atoms with Gasteiger partial charge in [-0.1, -0.05) is 0 Å². The molecule has 1 atom stereocenters. The second-order valence-electron chi connectivity index (χ2n) is 6.20. The van der Waals surface area contributed by atoms with E-state index in [-0.39, 0.29) is 24.0 Å². The van der Waals surface area contributed by atoms with Crippen LogP contribution in [-0.2, 0) is 18.3 Å². The number of likely N-dealkylation sites (tertiary alicyclic amines) is 1. The van der Waals surface area contributed by atoms with Crippen molar-refractivity contribution in [3.63, 3.8) is 0 Å². The normalized spacial score (nSPS) is 18.0. The van der Waals surface area contributed by atoms with Crippen molar-refractivity contribution in [2.45, 2.75) is 40.7 Å². The first kappa shape index (κ1) is 21.2. The van der Waals surface area contributed by atoms with E-state index in [0.717, 1.165) is 44.5 Å². The number of aryl methyl sites for hydroxylation is 2. The number of hydrogen-bond acceptors (Lipinski definition) is 3. The van der Waals surface area contributed by atoms with Gasteiger partial charge in [-0.25, -0.2) is 4.99 Å². The van der Waals surface area contributed by atoms with E-state index in [2.05, 4.69) is 43.0 Å². The summed E-state index contributed by atoms with van der Waals surface area (Å²) >= 11 is 0. The first-order chi connectivity index (χ1) is 11.1. The molecule has 0 aliphatic carbocycles. The highest BCUT2D eigenvalue weighted by Crippen LogP contribution is 2.18. The molecule has 2 heterocycles. The molecule has 0 bridgehead atoms. The molecule has 0 saturated carbocycles. The van der Waals surface area contributed by atoms with Crippen molar-refractivity contribution in [3.8, 4) is 0 Å². The lowest BCUT2D eigenvalue weighted by Gasteiger charge is -2.21. The third-order valence-corrected chi connectivity index (χ3v) is 4.52. The molecule has 0 spiro atoms. The number of guanidine groups is 1. The number of hydrogen-bond donors (Lipinski definition) is 1. The zero-order valence-corrected chi connectivity index (χ0v) is 18.0. The van der Waals surface area contributed by atoms with E-state index in [1.54, 1.807) is 0 Å². The van der Waals surface area contributed by atoms with Crippen LogP contribution in [0.2, 0.25) is 0 Å². The van der Waals surface area contributed by atoms with Gasteiger partial charge >= 0.3 is 0 Å². The molecular weight excluding hydrogens is 417 g/mol. The second-order valence-corrected chi connectivity index (χ2v) is 6.20. The topological polar surface area (TPSA) is 54.7 Å². The highest BCUT2D eigenvalue weighted by Gasteiger charge is 2.25. The van der Waals surface area contributed by atoms with Crippen molar-refractivity contribution in [1.82, 2.24) is 20.0 Å². The van der Waals surface area contributed by atoms with Crippen LogP contribution in [0.4, 0.5) is 0 Å². The molecule has 7 heteroatoms. The molecule has 138 valence electrons. The standard InChI is InChI=1S/C17H31N5O.HI/c1-6-18-17(22-9-8-15(11-22)12-23-7-2)19-10-16-13(3)20-21(5)14(16)4;/h15H,6-12H2,1-5H3,(H,18,19);1H. The summed E-state index contributed by atoms with van der Waals surface area (Å²) in [6.45, 7) is 13.6. The van der Waals surface area contributed by atoms with Gasteiger partial charge in [-0.2, -0.15) is 5.10 Å². The summed E-state index contributed by atoms with van der Waals surface area (Å²) in [5.41, 5.74) is 3.49. The van der Waals surface area contributed by atoms with Gasteiger partial charge in [-0.15, -0.1) is 24.0 Å². The van der Waals surface area contributed by atoms with E-state index >= 15 is 0 Å². The quantitative estimate of drug-likeness (QED) is 0.412. The van der Waals surface area contributed by atoms with Crippen molar-refractivity contribution in [1.29, 1.82) is 0 Å². The van der Waals surface area contributed by atoms with Gasteiger partial charge in [0.15, 0.2) is 5.96 Å². The summed E-state index contributed by atoms with van der Waals surface area (Å²) in [4.78, 5) is 7.21. The minimum atomic E-state index is 0. The fourth-order valence-corrected chi connectivity index (χ4v) is 3.07. The van der Waals surface area contributed by atoms with Crippen LogP contribution in [0.15, 0.2) is 4.99 Å². The summed E-state index contributed by atoms with van der Waals surface area (Å²) in [6.07, 6.45) is 1.18. The number of ether oxygens (including phenoxy) is 1. The summed E-state index contributed by atoms with van der Waals surface area (Å²) in [5.74, 6) is 1.62. The first-order valence-electron chi connectivity index (χ1n) is 8.66. The van der Waals surface area contributed by atoms with Gasteiger partial charge in [0.05, 0.1) is 18.8 Å². The van der Waals surface area contributed by atoms with Crippen molar-refractivity contribution in [3.05, 3.63) is 17.0 Å². The van der Waals surface area contributed by atoms with Crippen LogP contribution >= 0.6 is 24.0 Å². The van der Waals surface area contributed by atoms with E-state index in [9.17, 15) is 0 Å². The molecule has 1 aromatic rings. The smallest absolute Gasteiger partial charge is 0.194 e. The Morgan fingerprint density at radius 1 is 1.38 bits per heavy atom. The maximum absolute atomic E-state index is 5.57. The predicted molar refractivity (Wildman–Crippen MR) is 109 cm³/mol. The monoisotopic (exact) mass is 449 g/mol. The van der Waals surface area contributed by atoms with Crippen molar-refractivity contribution >= 4 is 29.9 Å². The molecule has 0 aromatic carbocycles. The maximum Gasteiger partial charge on any atom is 0.194 e. The van der Waals surface area contributed by atoms with Crippen LogP contribution in [0.25, 0.3) is 0 Å². The Bertz CT molecular complexity index is 543. The minimum Gasteiger partial charge on any atom is -0.381 e. The lowest BCUT2D eigenvalue weighted by atomic mass is 10.1. The minimum absolute atomic E-state index is 0. The molecule has 24 heavy (non-hydrogen) atoms. The summed E-state index contributed by atoms with van der Waals surface area (Å²) in [5, 5.41) is 7.90. The number of nitrogens with one attached hydrogen (secondary N) is 1. The Labute approximate surface area is 163 Å². The number of aliphatic imine (C=N–C) groups is 1. The average Bonchev–Trinajstić information content (AvgIpc) is 3.08. The molecule has 1 aliphatic heterocycles. The average molecular weight is 449 g/mol. The van der Waals surface area contributed by atoms with Crippen LogP contribution in [0.5, 0.6) is 0 Å². The van der Waals surface area contributed by atoms with Crippen molar-refractivity contribution < 1.29 is 4.74 Å². The Morgan fingerprint density at radius 3 is 2.71 bits per heavy atom. The SMILES string of the molecule is CCNC(=NCc1c(C)nn(C)c1C)N1CCC(COCC)C1.I. The molecule has 1 aliphatic rings. The molecule has 1 N–H and O–H groups in total. The fraction of sp³-hybridized carbons (Fsp3) is 0.765. The molecule has 0 radical (unpaired) electrons. The summed E-state index contributed by atoms with van der Waals surface area (Å²) < 4.78 is 7.50. The van der Waals surface area contributed by atoms with Gasteiger partial charge < -0.3 is 15.0 Å². The highest BCUT2D eigenvalue weighted by atomic mass is 127. The second kappa shape index (κ2) is 10.2. The van der Waals surface area contributed by atoms with E-state index in [0.29, 0.717) is 12.5 Å². The maximum atomic E-state index is 5.57. The Morgan fingerprint density at radius 2 is 2.12 bits per heavy atom. The summed E-state index contributed by atoms with van der Waals surface area (Å²) in [7, 11) is 1.99. The molecule has 2 rings (SSSR count). The molecule has 1 aromatic heterocycles. The molecule has 0 amide bonds. The zero-order chi connectivity index (χ0) is 16.8. The molecular formula is C17H32IN5O. The van der Waals surface area contributed by atoms with Crippen LogP contribution in [0, 0.1) is 19.8 Å². The third-order valence-electron chi connectivity index (χ3n) is 4.52. The summed E-state index contributed by atoms with van der Waals surface area (Å²) in [6, 6.07) is 0. The van der Waals surface area contributed by atoms with Gasteiger partial charge in [-0.05, 0) is 34.1 Å². The lowest BCUT2D eigenvalue weighted by Crippen LogP contribution is -2.40. The largest absolute Gasteiger partial charge is 0.381 e. The molecule has 1 fully saturated rings. The lowest BCUT2D eigenvalue weighted by molar-refractivity contribution is 0.114. The Kier molecular flexibility index (Phi) is 9.04. The fourth-order valence-electron chi connectivity index (χ4n) is 3.07. The predicted octanol–water partition coefficient (Wildman–Crippen LogP) is 2.48. The van der Waals surface area contributed by atoms with E-state index in [1.165, 1.54) is 17.7 Å². The highest BCUT2D eigenvalue weighted by molar-refractivity contribution is 14.0. The Hall–Kier alpha value is -0.830. The zero-order valence-electron chi connectivity index (χ0n) is 15.6. The number of nitrogens with zero attached hydrogens (tertiary/aromatic N) is 4. The Balaban J connectivity index is 0.00000288. The first-order valence-corrected chi connectivity index (χ1v) is 8.66. The van der Waals surface area contributed by atoms with E-state index < -0.39 is 0 Å². The van der Waals surface area contributed by atoms with Gasteiger partial charge in [0, 0.05) is 50.5 Å². The number of rotatable bonds is 6. The third kappa shape index (κ3) is 5.34. The van der Waals surface area contributed by atoms with Crippen LogP contribution in [0.1, 0.15) is 37.2 Å². The van der Waals surface area contributed by atoms with Crippen LogP contribution < -0.4 is 5.32 Å². The van der Waals surface area contributed by atoms with Gasteiger partial charge in [-0.3, -0.25) is 4.68 Å².